The molecule has 7 aliphatic rings. The van der Waals surface area contributed by atoms with Crippen molar-refractivity contribution in [1.82, 2.24) is 0 Å². The SMILES string of the molecule is NCCN=C([O-])CC12OC3(CC([O-])=NCCN)C4C5CC(C6C5C3C61)C42.[Cu+2]. The smallest absolute Gasteiger partial charge is 0.862 e. The zero-order valence-electron chi connectivity index (χ0n) is 15.1. The summed E-state index contributed by atoms with van der Waals surface area (Å²) in [5.74, 6) is 4.57. The molecule has 5 saturated carbocycles. The Kier molecular flexibility index (Phi) is 3.88. The Hall–Kier alpha value is -0.661. The third kappa shape index (κ3) is 1.81. The van der Waals surface area contributed by atoms with Gasteiger partial charge in [0, 0.05) is 25.9 Å². The van der Waals surface area contributed by atoms with E-state index in [2.05, 4.69) is 9.98 Å². The Balaban J connectivity index is 0.00000160. The molecule has 2 saturated heterocycles. The topological polar surface area (TPSA) is 132 Å². The van der Waals surface area contributed by atoms with Crippen molar-refractivity contribution in [2.75, 3.05) is 26.2 Å². The van der Waals surface area contributed by atoms with E-state index in [9.17, 15) is 10.2 Å². The molecule has 7 rings (SSSR count). The molecular weight excluding hydrogens is 396 g/mol. The van der Waals surface area contributed by atoms with Crippen molar-refractivity contribution < 1.29 is 32.0 Å². The van der Waals surface area contributed by atoms with Crippen molar-refractivity contribution >= 4 is 11.8 Å². The molecule has 10 unspecified atom stereocenters. The van der Waals surface area contributed by atoms with Crippen LogP contribution in [0.25, 0.3) is 0 Å². The third-order valence-electron chi connectivity index (χ3n) is 8.83. The second-order valence-electron chi connectivity index (χ2n) is 9.32. The van der Waals surface area contributed by atoms with Gasteiger partial charge in [0.05, 0.1) is 24.3 Å². The van der Waals surface area contributed by atoms with Crippen molar-refractivity contribution in [3.05, 3.63) is 0 Å². The zero-order chi connectivity index (χ0) is 17.8. The molecule has 27 heavy (non-hydrogen) atoms. The first-order chi connectivity index (χ1) is 12.6. The summed E-state index contributed by atoms with van der Waals surface area (Å²) in [6.45, 7) is 1.57. The van der Waals surface area contributed by atoms with E-state index in [4.69, 9.17) is 16.2 Å². The zero-order valence-corrected chi connectivity index (χ0v) is 16.1. The van der Waals surface area contributed by atoms with Gasteiger partial charge >= 0.3 is 17.1 Å². The first-order valence-electron chi connectivity index (χ1n) is 10.1. The maximum atomic E-state index is 12.5. The maximum Gasteiger partial charge on any atom is 2.00 e. The van der Waals surface area contributed by atoms with Gasteiger partial charge in [-0.25, -0.2) is 0 Å². The third-order valence-corrected chi connectivity index (χ3v) is 8.83. The van der Waals surface area contributed by atoms with Crippen LogP contribution >= 0.6 is 0 Å². The molecule has 2 heterocycles. The standard InChI is InChI=1S/C19H28N4O3.Cu/c20-1-3-22-10(24)6-18-14-8-5-9-13-12(8)16(18)17(13)19(26-18,15(9)14)7-11(25)23-4-2-21;/h8-9,12-17H,1-7,20-21H2,(H,22,24)(H,23,25);/q;+2/p-2. The van der Waals surface area contributed by atoms with Crippen LogP contribution < -0.4 is 21.7 Å². The molecule has 7 nitrogen and oxygen atoms in total. The van der Waals surface area contributed by atoms with Crippen molar-refractivity contribution in [3.63, 3.8) is 0 Å². The second kappa shape index (κ2) is 5.70. The molecule has 0 aromatic rings. The normalized spacial score (nSPS) is 54.9. The van der Waals surface area contributed by atoms with Gasteiger partial charge in [-0.3, -0.25) is 0 Å². The minimum atomic E-state index is -0.351. The van der Waals surface area contributed by atoms with Crippen LogP contribution in [-0.4, -0.2) is 49.2 Å². The van der Waals surface area contributed by atoms with Gasteiger partial charge in [0.2, 0.25) is 0 Å². The van der Waals surface area contributed by atoms with Gasteiger partial charge in [0.1, 0.15) is 0 Å². The Morgan fingerprint density at radius 1 is 0.852 bits per heavy atom. The molecule has 0 aromatic carbocycles. The summed E-state index contributed by atoms with van der Waals surface area (Å²) >= 11 is 0. The molecule has 4 bridgehead atoms. The van der Waals surface area contributed by atoms with E-state index in [0.717, 1.165) is 11.8 Å². The van der Waals surface area contributed by atoms with E-state index < -0.39 is 0 Å². The predicted octanol–water partition coefficient (Wildman–Crippen LogP) is -1.91. The van der Waals surface area contributed by atoms with E-state index >= 15 is 0 Å². The summed E-state index contributed by atoms with van der Waals surface area (Å²) in [5.41, 5.74) is 10.3. The van der Waals surface area contributed by atoms with Crippen LogP contribution in [0.5, 0.6) is 0 Å². The fraction of sp³-hybridized carbons (Fsp3) is 0.895. The van der Waals surface area contributed by atoms with E-state index in [-0.39, 0.29) is 40.1 Å². The van der Waals surface area contributed by atoms with Crippen LogP contribution in [0.4, 0.5) is 0 Å². The van der Waals surface area contributed by atoms with Crippen molar-refractivity contribution in [3.8, 4) is 0 Å². The fourth-order valence-electron chi connectivity index (χ4n) is 9.02. The molecule has 5 aliphatic carbocycles. The van der Waals surface area contributed by atoms with Crippen LogP contribution in [0.2, 0.25) is 0 Å². The number of nitrogens with zero attached hydrogens (tertiary/aromatic N) is 2. The van der Waals surface area contributed by atoms with Gasteiger partial charge in [0.15, 0.2) is 0 Å². The van der Waals surface area contributed by atoms with Crippen molar-refractivity contribution in [2.24, 2.45) is 68.8 Å². The minimum absolute atomic E-state index is 0. The molecule has 0 aromatic heterocycles. The van der Waals surface area contributed by atoms with E-state index in [1.807, 2.05) is 0 Å². The number of hydrogen-bond donors (Lipinski definition) is 2. The van der Waals surface area contributed by atoms with Gasteiger partial charge in [-0.05, 0) is 65.6 Å². The number of rotatable bonds is 8. The van der Waals surface area contributed by atoms with Crippen LogP contribution in [0, 0.1) is 47.3 Å². The van der Waals surface area contributed by atoms with Crippen LogP contribution in [-0.2, 0) is 21.8 Å². The summed E-state index contributed by atoms with van der Waals surface area (Å²) < 4.78 is 6.82. The minimum Gasteiger partial charge on any atom is -0.862 e. The first-order valence-corrected chi connectivity index (χ1v) is 10.1. The Morgan fingerprint density at radius 3 is 1.70 bits per heavy atom. The van der Waals surface area contributed by atoms with E-state index in [1.54, 1.807) is 0 Å². The number of nitrogens with two attached hydrogens (primary N) is 2. The average molecular weight is 422 g/mol. The van der Waals surface area contributed by atoms with Crippen LogP contribution in [0.15, 0.2) is 9.98 Å². The van der Waals surface area contributed by atoms with E-state index in [1.165, 1.54) is 6.42 Å². The number of ether oxygens (including phenoxy) is 1. The van der Waals surface area contributed by atoms with Gasteiger partial charge in [-0.1, -0.05) is 0 Å². The quantitative estimate of drug-likeness (QED) is 0.268. The summed E-state index contributed by atoms with van der Waals surface area (Å²) in [6, 6.07) is 0. The van der Waals surface area contributed by atoms with Gasteiger partial charge < -0.3 is 36.4 Å². The van der Waals surface area contributed by atoms with E-state index in [0.29, 0.717) is 74.5 Å². The number of hydrogen-bond acceptors (Lipinski definition) is 7. The molecule has 4 N–H and O–H groups in total. The molecule has 151 valence electrons. The Bertz CT molecular complexity index is 670. The first kappa shape index (κ1) is 18.4. The van der Waals surface area contributed by atoms with Crippen LogP contribution in [0.1, 0.15) is 19.3 Å². The second-order valence-corrected chi connectivity index (χ2v) is 9.32. The molecule has 7 fully saturated rings. The van der Waals surface area contributed by atoms with Gasteiger partial charge in [-0.2, -0.15) is 0 Å². The molecule has 8 heteroatoms. The van der Waals surface area contributed by atoms with Gasteiger partial charge in [0.25, 0.3) is 0 Å². The Morgan fingerprint density at radius 2 is 1.30 bits per heavy atom. The molecule has 0 spiro atoms. The summed E-state index contributed by atoms with van der Waals surface area (Å²) in [4.78, 5) is 8.22. The maximum absolute atomic E-state index is 12.5. The molecule has 2 aliphatic heterocycles. The summed E-state index contributed by atoms with van der Waals surface area (Å²) in [7, 11) is 0. The van der Waals surface area contributed by atoms with Crippen molar-refractivity contribution in [2.45, 2.75) is 30.5 Å². The molecule has 1 radical (unpaired) electrons. The predicted molar refractivity (Wildman–Crippen MR) is 91.0 cm³/mol. The molecule has 0 amide bonds. The summed E-state index contributed by atoms with van der Waals surface area (Å²) in [6.07, 6.45) is 2.06. The Labute approximate surface area is 169 Å². The molecule has 10 atom stereocenters. The van der Waals surface area contributed by atoms with Crippen molar-refractivity contribution in [1.29, 1.82) is 0 Å². The summed E-state index contributed by atoms with van der Waals surface area (Å²) in [5, 5.41) is 25.0. The molecular formula is C19H26CuN4O3. The monoisotopic (exact) mass is 421 g/mol. The van der Waals surface area contributed by atoms with Crippen LogP contribution in [0.3, 0.4) is 0 Å². The largest absolute Gasteiger partial charge is 2.00 e. The van der Waals surface area contributed by atoms with Gasteiger partial charge in [-0.15, -0.1) is 0 Å². The fourth-order valence-corrected chi connectivity index (χ4v) is 9.02. The number of aliphatic imine (C=N–C) groups is 2. The average Bonchev–Trinajstić information content (AvgIpc) is 3.23.